The maximum absolute atomic E-state index is 11.4. The maximum atomic E-state index is 11.4. The number of rotatable bonds is 2. The second-order valence-electron chi connectivity index (χ2n) is 3.88. The molecule has 1 heterocycles. The van der Waals surface area contributed by atoms with E-state index in [1.807, 2.05) is 11.0 Å². The molecule has 2 nitrogen and oxygen atoms in total. The van der Waals surface area contributed by atoms with Gasteiger partial charge in [-0.15, -0.1) is 6.58 Å². The number of amides is 1. The molecule has 0 N–H and O–H groups in total. The van der Waals surface area contributed by atoms with Crippen LogP contribution in [-0.4, -0.2) is 22.9 Å². The van der Waals surface area contributed by atoms with Gasteiger partial charge in [-0.05, 0) is 32.6 Å². The molecule has 1 amide bonds. The van der Waals surface area contributed by atoms with Gasteiger partial charge >= 0.3 is 0 Å². The van der Waals surface area contributed by atoms with Gasteiger partial charge in [0, 0.05) is 19.0 Å². The lowest BCUT2D eigenvalue weighted by molar-refractivity contribution is -0.135. The summed E-state index contributed by atoms with van der Waals surface area (Å²) in [6, 6.07) is 0.815. The molecule has 2 unspecified atom stereocenters. The van der Waals surface area contributed by atoms with Crippen LogP contribution in [0.4, 0.5) is 0 Å². The smallest absolute Gasteiger partial charge is 0.219 e. The number of nitrogens with zero attached hydrogens (tertiary/aromatic N) is 1. The molecule has 1 aliphatic heterocycles. The van der Waals surface area contributed by atoms with E-state index in [-0.39, 0.29) is 5.91 Å². The number of likely N-dealkylation sites (tertiary alicyclic amines) is 1. The molecule has 2 atom stereocenters. The summed E-state index contributed by atoms with van der Waals surface area (Å²) in [6.07, 6.45) is 6.37. The van der Waals surface area contributed by atoms with Gasteiger partial charge in [0.15, 0.2) is 0 Å². The molecule has 1 fully saturated rings. The molecule has 0 bridgehead atoms. The van der Waals surface area contributed by atoms with Crippen LogP contribution in [0.2, 0.25) is 0 Å². The topological polar surface area (TPSA) is 20.3 Å². The molecule has 1 rings (SSSR count). The molecular formula is C11H19NO. The Labute approximate surface area is 80.6 Å². The number of hydrogen-bond acceptors (Lipinski definition) is 1. The normalized spacial score (nSPS) is 28.6. The standard InChI is InChI=1S/C11H19NO/c1-4-6-11-8-5-7-9(2)12(11)10(3)13/h4,9,11H,1,5-8H2,2-3H3. The minimum absolute atomic E-state index is 0.207. The largest absolute Gasteiger partial charge is 0.337 e. The summed E-state index contributed by atoms with van der Waals surface area (Å²) in [4.78, 5) is 13.4. The summed E-state index contributed by atoms with van der Waals surface area (Å²) < 4.78 is 0. The van der Waals surface area contributed by atoms with Gasteiger partial charge in [-0.1, -0.05) is 6.08 Å². The lowest BCUT2D eigenvalue weighted by atomic mass is 9.94. The van der Waals surface area contributed by atoms with Gasteiger partial charge in [-0.3, -0.25) is 4.79 Å². The van der Waals surface area contributed by atoms with Gasteiger partial charge in [0.25, 0.3) is 0 Å². The van der Waals surface area contributed by atoms with Gasteiger partial charge in [0.2, 0.25) is 5.91 Å². The van der Waals surface area contributed by atoms with Gasteiger partial charge in [-0.25, -0.2) is 0 Å². The Kier molecular flexibility index (Phi) is 3.52. The van der Waals surface area contributed by atoms with Crippen LogP contribution >= 0.6 is 0 Å². The summed E-state index contributed by atoms with van der Waals surface area (Å²) in [7, 11) is 0. The Morgan fingerprint density at radius 3 is 2.85 bits per heavy atom. The zero-order valence-corrected chi connectivity index (χ0v) is 8.62. The molecule has 0 saturated carbocycles. The molecule has 74 valence electrons. The van der Waals surface area contributed by atoms with Crippen LogP contribution in [0.3, 0.4) is 0 Å². The number of hydrogen-bond donors (Lipinski definition) is 0. The van der Waals surface area contributed by atoms with Crippen LogP contribution in [0.5, 0.6) is 0 Å². The van der Waals surface area contributed by atoms with Gasteiger partial charge < -0.3 is 4.90 Å². The summed E-state index contributed by atoms with van der Waals surface area (Å²) in [6.45, 7) is 7.54. The van der Waals surface area contributed by atoms with Crippen molar-refractivity contribution >= 4 is 5.91 Å². The van der Waals surface area contributed by atoms with Crippen molar-refractivity contribution in [1.82, 2.24) is 4.90 Å². The third kappa shape index (κ3) is 2.33. The highest BCUT2D eigenvalue weighted by Gasteiger charge is 2.28. The molecule has 0 radical (unpaired) electrons. The van der Waals surface area contributed by atoms with E-state index in [1.165, 1.54) is 6.42 Å². The fraction of sp³-hybridized carbons (Fsp3) is 0.727. The molecule has 0 aromatic rings. The molecule has 0 aromatic heterocycles. The molecule has 2 heteroatoms. The quantitative estimate of drug-likeness (QED) is 0.599. The van der Waals surface area contributed by atoms with Crippen LogP contribution in [-0.2, 0) is 4.79 Å². The van der Waals surface area contributed by atoms with E-state index >= 15 is 0 Å². The second-order valence-corrected chi connectivity index (χ2v) is 3.88. The highest BCUT2D eigenvalue weighted by molar-refractivity contribution is 5.74. The number of carbonyl (C=O) groups excluding carboxylic acids is 1. The van der Waals surface area contributed by atoms with Crippen molar-refractivity contribution in [1.29, 1.82) is 0 Å². The van der Waals surface area contributed by atoms with Gasteiger partial charge in [-0.2, -0.15) is 0 Å². The van der Waals surface area contributed by atoms with Crippen LogP contribution in [0.15, 0.2) is 12.7 Å². The summed E-state index contributed by atoms with van der Waals surface area (Å²) in [5.41, 5.74) is 0. The van der Waals surface area contributed by atoms with E-state index in [4.69, 9.17) is 0 Å². The van der Waals surface area contributed by atoms with Gasteiger partial charge in [0.1, 0.15) is 0 Å². The Bertz CT molecular complexity index is 200. The number of carbonyl (C=O) groups is 1. The Morgan fingerprint density at radius 2 is 2.31 bits per heavy atom. The van der Waals surface area contributed by atoms with Crippen molar-refractivity contribution in [3.05, 3.63) is 12.7 Å². The van der Waals surface area contributed by atoms with Crippen LogP contribution < -0.4 is 0 Å². The Hall–Kier alpha value is -0.790. The van der Waals surface area contributed by atoms with Crippen molar-refractivity contribution in [2.24, 2.45) is 0 Å². The van der Waals surface area contributed by atoms with E-state index < -0.39 is 0 Å². The third-order valence-corrected chi connectivity index (χ3v) is 2.83. The lowest BCUT2D eigenvalue weighted by Crippen LogP contribution is -2.47. The van der Waals surface area contributed by atoms with Crippen molar-refractivity contribution in [3.8, 4) is 0 Å². The van der Waals surface area contributed by atoms with Crippen LogP contribution in [0.1, 0.15) is 39.5 Å². The highest BCUT2D eigenvalue weighted by Crippen LogP contribution is 2.24. The van der Waals surface area contributed by atoms with E-state index in [1.54, 1.807) is 6.92 Å². The van der Waals surface area contributed by atoms with E-state index in [2.05, 4.69) is 13.5 Å². The first kappa shape index (κ1) is 10.3. The Balaban J connectivity index is 2.67. The lowest BCUT2D eigenvalue weighted by Gasteiger charge is -2.39. The summed E-state index contributed by atoms with van der Waals surface area (Å²) in [5.74, 6) is 0.207. The average Bonchev–Trinajstić information content (AvgIpc) is 2.04. The maximum Gasteiger partial charge on any atom is 0.219 e. The molecule has 1 saturated heterocycles. The van der Waals surface area contributed by atoms with Crippen molar-refractivity contribution in [2.45, 2.75) is 51.6 Å². The molecule has 0 spiro atoms. The first-order valence-electron chi connectivity index (χ1n) is 5.06. The zero-order chi connectivity index (χ0) is 9.84. The highest BCUT2D eigenvalue weighted by atomic mass is 16.2. The van der Waals surface area contributed by atoms with Crippen LogP contribution in [0.25, 0.3) is 0 Å². The van der Waals surface area contributed by atoms with Crippen molar-refractivity contribution in [2.75, 3.05) is 0 Å². The molecule has 0 aliphatic carbocycles. The van der Waals surface area contributed by atoms with Crippen molar-refractivity contribution < 1.29 is 4.79 Å². The minimum atomic E-state index is 0.207. The molecule has 0 aromatic carbocycles. The zero-order valence-electron chi connectivity index (χ0n) is 8.62. The second kappa shape index (κ2) is 4.45. The van der Waals surface area contributed by atoms with E-state index in [9.17, 15) is 4.79 Å². The summed E-state index contributed by atoms with van der Waals surface area (Å²) >= 11 is 0. The van der Waals surface area contributed by atoms with Gasteiger partial charge in [0.05, 0.1) is 0 Å². The van der Waals surface area contributed by atoms with E-state index in [0.717, 1.165) is 19.3 Å². The Morgan fingerprint density at radius 1 is 1.62 bits per heavy atom. The van der Waals surface area contributed by atoms with E-state index in [0.29, 0.717) is 12.1 Å². The first-order chi connectivity index (χ1) is 6.16. The van der Waals surface area contributed by atoms with Crippen molar-refractivity contribution in [3.63, 3.8) is 0 Å². The minimum Gasteiger partial charge on any atom is -0.337 e. The molecule has 13 heavy (non-hydrogen) atoms. The molecule has 1 aliphatic rings. The van der Waals surface area contributed by atoms with Crippen LogP contribution in [0, 0.1) is 0 Å². The predicted octanol–water partition coefficient (Wildman–Crippen LogP) is 2.35. The third-order valence-electron chi connectivity index (χ3n) is 2.83. The summed E-state index contributed by atoms with van der Waals surface area (Å²) in [5, 5.41) is 0. The average molecular weight is 181 g/mol. The number of piperidine rings is 1. The fourth-order valence-corrected chi connectivity index (χ4v) is 2.28. The molecular weight excluding hydrogens is 162 g/mol. The predicted molar refractivity (Wildman–Crippen MR) is 54.4 cm³/mol. The SMILES string of the molecule is C=CCC1CCCC(C)N1C(C)=O. The first-order valence-corrected chi connectivity index (χ1v) is 5.06. The monoisotopic (exact) mass is 181 g/mol. The fourth-order valence-electron chi connectivity index (χ4n) is 2.28.